The predicted molar refractivity (Wildman–Crippen MR) is 96.7 cm³/mol. The average molecular weight is 364 g/mol. The molecule has 0 N–H and O–H groups in total. The lowest BCUT2D eigenvalue weighted by atomic mass is 10.0. The molecule has 0 spiro atoms. The summed E-state index contributed by atoms with van der Waals surface area (Å²) >= 11 is 0. The third kappa shape index (κ3) is 3.55. The lowest BCUT2D eigenvalue weighted by Gasteiger charge is -2.15. The van der Waals surface area contributed by atoms with Gasteiger partial charge in [0.25, 0.3) is 5.91 Å². The second-order valence-electron chi connectivity index (χ2n) is 6.81. The lowest BCUT2D eigenvalue weighted by molar-refractivity contribution is 0.0780. The number of amides is 1. The van der Waals surface area contributed by atoms with Gasteiger partial charge in [0, 0.05) is 25.5 Å². The maximum absolute atomic E-state index is 12.5. The monoisotopic (exact) mass is 364 g/mol. The van der Waals surface area contributed by atoms with Crippen molar-refractivity contribution < 1.29 is 9.32 Å². The maximum Gasteiger partial charge on any atom is 0.274 e. The van der Waals surface area contributed by atoms with E-state index in [4.69, 9.17) is 9.51 Å². The predicted octanol–water partition coefficient (Wildman–Crippen LogP) is 2.24. The fraction of sp³-hybridized carbons (Fsp3) is 0.368. The Morgan fingerprint density at radius 1 is 1.33 bits per heavy atom. The van der Waals surface area contributed by atoms with Crippen molar-refractivity contribution >= 4 is 5.91 Å². The number of hydrogen-bond donors (Lipinski definition) is 0. The highest BCUT2D eigenvalue weighted by Gasteiger charge is 2.28. The molecule has 0 aliphatic carbocycles. The highest BCUT2D eigenvalue weighted by molar-refractivity contribution is 5.92. The van der Waals surface area contributed by atoms with E-state index < -0.39 is 0 Å². The van der Waals surface area contributed by atoms with Crippen molar-refractivity contribution in [3.8, 4) is 11.3 Å². The number of carbonyl (C=O) groups excluding carboxylic acids is 1. The lowest BCUT2D eigenvalue weighted by Crippen LogP contribution is -2.29. The molecule has 1 atom stereocenters. The van der Waals surface area contributed by atoms with Crippen molar-refractivity contribution in [2.24, 2.45) is 5.92 Å². The van der Waals surface area contributed by atoms with Crippen LogP contribution in [0.25, 0.3) is 11.3 Å². The van der Waals surface area contributed by atoms with Gasteiger partial charge in [-0.15, -0.1) is 5.10 Å². The van der Waals surface area contributed by atoms with Crippen LogP contribution in [-0.4, -0.2) is 49.2 Å². The SMILES string of the molecule is Cc1noc(C)c1-c1cncc(CC2CCN(C(=O)c3cccnn3)C2)n1. The molecule has 1 amide bonds. The molecule has 0 saturated carbocycles. The van der Waals surface area contributed by atoms with E-state index in [2.05, 4.69) is 20.3 Å². The number of aromatic nitrogens is 5. The van der Waals surface area contributed by atoms with Crippen molar-refractivity contribution in [1.29, 1.82) is 0 Å². The van der Waals surface area contributed by atoms with Crippen LogP contribution in [0.1, 0.15) is 34.1 Å². The minimum Gasteiger partial charge on any atom is -0.361 e. The third-order valence-electron chi connectivity index (χ3n) is 4.84. The second kappa shape index (κ2) is 7.22. The standard InChI is InChI=1S/C19H20N6O2/c1-12-18(13(2)27-24-12)17-10-20-9-15(22-17)8-14-5-7-25(11-14)19(26)16-4-3-6-21-23-16/h3-4,6,9-10,14H,5,7-8,11H2,1-2H3. The molecule has 0 aromatic carbocycles. The van der Waals surface area contributed by atoms with Gasteiger partial charge in [0.15, 0.2) is 5.69 Å². The van der Waals surface area contributed by atoms with Crippen LogP contribution in [0.15, 0.2) is 35.2 Å². The van der Waals surface area contributed by atoms with E-state index in [1.54, 1.807) is 30.7 Å². The highest BCUT2D eigenvalue weighted by Crippen LogP contribution is 2.26. The van der Waals surface area contributed by atoms with Gasteiger partial charge in [0.2, 0.25) is 0 Å². The Morgan fingerprint density at radius 3 is 2.96 bits per heavy atom. The quantitative estimate of drug-likeness (QED) is 0.700. The van der Waals surface area contributed by atoms with Gasteiger partial charge in [-0.1, -0.05) is 5.16 Å². The smallest absolute Gasteiger partial charge is 0.274 e. The zero-order valence-corrected chi connectivity index (χ0v) is 15.3. The zero-order chi connectivity index (χ0) is 18.8. The summed E-state index contributed by atoms with van der Waals surface area (Å²) in [6, 6.07) is 3.42. The molecule has 4 heterocycles. The Morgan fingerprint density at radius 2 is 2.22 bits per heavy atom. The molecular formula is C19H20N6O2. The molecule has 8 heteroatoms. The van der Waals surface area contributed by atoms with E-state index in [-0.39, 0.29) is 5.91 Å². The topological polar surface area (TPSA) is 97.9 Å². The molecule has 1 fully saturated rings. The Labute approximate surface area is 156 Å². The van der Waals surface area contributed by atoms with E-state index in [9.17, 15) is 4.79 Å². The summed E-state index contributed by atoms with van der Waals surface area (Å²) in [7, 11) is 0. The van der Waals surface area contributed by atoms with E-state index in [0.29, 0.717) is 18.2 Å². The summed E-state index contributed by atoms with van der Waals surface area (Å²) in [5.74, 6) is 1.02. The fourth-order valence-electron chi connectivity index (χ4n) is 3.53. The molecular weight excluding hydrogens is 344 g/mol. The molecule has 4 rings (SSSR count). The average Bonchev–Trinajstić information content (AvgIpc) is 3.28. The van der Waals surface area contributed by atoms with Crippen LogP contribution in [0, 0.1) is 19.8 Å². The van der Waals surface area contributed by atoms with Gasteiger partial charge in [-0.05, 0) is 44.7 Å². The largest absolute Gasteiger partial charge is 0.361 e. The normalized spacial score (nSPS) is 16.7. The Bertz CT molecular complexity index is 936. The number of nitrogens with zero attached hydrogens (tertiary/aromatic N) is 6. The summed E-state index contributed by atoms with van der Waals surface area (Å²) in [6.07, 6.45) is 6.79. The van der Waals surface area contributed by atoms with Crippen LogP contribution in [-0.2, 0) is 6.42 Å². The van der Waals surface area contributed by atoms with Crippen LogP contribution in [0.4, 0.5) is 0 Å². The molecule has 138 valence electrons. The van der Waals surface area contributed by atoms with Gasteiger partial charge in [0.05, 0.1) is 28.8 Å². The van der Waals surface area contributed by atoms with Gasteiger partial charge < -0.3 is 9.42 Å². The minimum atomic E-state index is -0.0684. The summed E-state index contributed by atoms with van der Waals surface area (Å²) in [6.45, 7) is 5.17. The maximum atomic E-state index is 12.5. The summed E-state index contributed by atoms with van der Waals surface area (Å²) in [4.78, 5) is 23.4. The molecule has 27 heavy (non-hydrogen) atoms. The van der Waals surface area contributed by atoms with Crippen molar-refractivity contribution in [2.45, 2.75) is 26.7 Å². The molecule has 8 nitrogen and oxygen atoms in total. The molecule has 1 aliphatic rings. The van der Waals surface area contributed by atoms with Crippen molar-refractivity contribution in [2.75, 3.05) is 13.1 Å². The number of hydrogen-bond acceptors (Lipinski definition) is 7. The summed E-state index contributed by atoms with van der Waals surface area (Å²) in [5, 5.41) is 11.7. The molecule has 1 saturated heterocycles. The molecule has 3 aromatic rings. The first kappa shape index (κ1) is 17.3. The first-order valence-corrected chi connectivity index (χ1v) is 8.93. The third-order valence-corrected chi connectivity index (χ3v) is 4.84. The number of likely N-dealkylation sites (tertiary alicyclic amines) is 1. The first-order chi connectivity index (χ1) is 13.1. The number of carbonyl (C=O) groups is 1. The fourth-order valence-corrected chi connectivity index (χ4v) is 3.53. The molecule has 1 unspecified atom stereocenters. The van der Waals surface area contributed by atoms with Crippen LogP contribution >= 0.6 is 0 Å². The van der Waals surface area contributed by atoms with Crippen molar-refractivity contribution in [1.82, 2.24) is 30.2 Å². The van der Waals surface area contributed by atoms with E-state index >= 15 is 0 Å². The van der Waals surface area contributed by atoms with Gasteiger partial charge in [-0.2, -0.15) is 5.10 Å². The second-order valence-corrected chi connectivity index (χ2v) is 6.81. The van der Waals surface area contributed by atoms with Crippen molar-refractivity contribution in [3.05, 3.63) is 53.6 Å². The van der Waals surface area contributed by atoms with Gasteiger partial charge in [-0.25, -0.2) is 4.98 Å². The Kier molecular flexibility index (Phi) is 4.62. The summed E-state index contributed by atoms with van der Waals surface area (Å²) in [5.41, 5.74) is 3.77. The van der Waals surface area contributed by atoms with Gasteiger partial charge in [0.1, 0.15) is 5.76 Å². The molecule has 0 bridgehead atoms. The number of aryl methyl sites for hydroxylation is 2. The van der Waals surface area contributed by atoms with E-state index in [1.807, 2.05) is 18.7 Å². The Hall–Kier alpha value is -3.16. The van der Waals surface area contributed by atoms with Crippen LogP contribution in [0.3, 0.4) is 0 Å². The van der Waals surface area contributed by atoms with Crippen LogP contribution in [0.2, 0.25) is 0 Å². The van der Waals surface area contributed by atoms with Crippen LogP contribution in [0.5, 0.6) is 0 Å². The van der Waals surface area contributed by atoms with Gasteiger partial charge in [-0.3, -0.25) is 9.78 Å². The van der Waals surface area contributed by atoms with E-state index in [0.717, 1.165) is 47.8 Å². The highest BCUT2D eigenvalue weighted by atomic mass is 16.5. The van der Waals surface area contributed by atoms with Crippen molar-refractivity contribution in [3.63, 3.8) is 0 Å². The number of rotatable bonds is 4. The Balaban J connectivity index is 1.45. The molecule has 0 radical (unpaired) electrons. The summed E-state index contributed by atoms with van der Waals surface area (Å²) < 4.78 is 5.23. The van der Waals surface area contributed by atoms with Crippen LogP contribution < -0.4 is 0 Å². The first-order valence-electron chi connectivity index (χ1n) is 8.93. The molecule has 1 aliphatic heterocycles. The zero-order valence-electron chi connectivity index (χ0n) is 15.3. The minimum absolute atomic E-state index is 0.0684. The van der Waals surface area contributed by atoms with Gasteiger partial charge >= 0.3 is 0 Å². The van der Waals surface area contributed by atoms with E-state index in [1.165, 1.54) is 0 Å². The molecule has 3 aromatic heterocycles.